The van der Waals surface area contributed by atoms with Crippen molar-refractivity contribution >= 4 is 11.4 Å². The Morgan fingerprint density at radius 3 is 2.64 bits per heavy atom. The molecule has 0 heterocycles. The molecule has 0 aromatic heterocycles. The van der Waals surface area contributed by atoms with E-state index in [4.69, 9.17) is 10.9 Å². The highest BCUT2D eigenvalue weighted by atomic mass is 16.8. The molecule has 1 atom stereocenters. The lowest BCUT2D eigenvalue weighted by Gasteiger charge is -2.12. The first kappa shape index (κ1) is 8.00. The smallest absolute Gasteiger partial charge is 0.164 e. The third kappa shape index (κ3) is 1.68. The van der Waals surface area contributed by atoms with E-state index in [1.54, 1.807) is 19.1 Å². The zero-order chi connectivity index (χ0) is 8.43. The average molecular weight is 154 g/mol. The molecule has 4 nitrogen and oxygen atoms in total. The van der Waals surface area contributed by atoms with Crippen molar-refractivity contribution in [2.75, 3.05) is 5.73 Å². The molecule has 1 rings (SSSR count). The van der Waals surface area contributed by atoms with Gasteiger partial charge < -0.3 is 10.9 Å². The number of rotatable bonds is 1. The number of benzene rings is 1. The molecular formula is C7H10N2O2. The molecular weight excluding hydrogens is 144 g/mol. The molecule has 0 fully saturated rings. The van der Waals surface area contributed by atoms with E-state index in [-0.39, 0.29) is 5.69 Å². The second-order valence-electron chi connectivity index (χ2n) is 2.38. The minimum Gasteiger partial charge on any atom is -0.595 e. The van der Waals surface area contributed by atoms with Crippen LogP contribution in [0.1, 0.15) is 5.56 Å². The van der Waals surface area contributed by atoms with E-state index >= 15 is 0 Å². The average Bonchev–Trinajstić information content (AvgIpc) is 1.94. The summed E-state index contributed by atoms with van der Waals surface area (Å²) in [6.07, 6.45) is 0. The van der Waals surface area contributed by atoms with Crippen LogP contribution in [0.4, 0.5) is 11.4 Å². The van der Waals surface area contributed by atoms with Crippen LogP contribution in [0.3, 0.4) is 0 Å². The summed E-state index contributed by atoms with van der Waals surface area (Å²) < 4.78 is 0. The molecule has 0 bridgehead atoms. The number of anilines is 1. The Kier molecular flexibility index (Phi) is 2.09. The van der Waals surface area contributed by atoms with Gasteiger partial charge in [0.25, 0.3) is 0 Å². The maximum atomic E-state index is 10.4. The van der Waals surface area contributed by atoms with Crippen molar-refractivity contribution < 1.29 is 10.4 Å². The van der Waals surface area contributed by atoms with Gasteiger partial charge in [-0.1, -0.05) is 0 Å². The minimum atomic E-state index is -0.923. The van der Waals surface area contributed by atoms with E-state index in [0.29, 0.717) is 5.69 Å². The molecule has 0 aliphatic heterocycles. The fourth-order valence-corrected chi connectivity index (χ4v) is 0.809. The first-order valence-electron chi connectivity index (χ1n) is 3.20. The summed E-state index contributed by atoms with van der Waals surface area (Å²) in [7, 11) is 0. The Morgan fingerprint density at radius 2 is 2.18 bits per heavy atom. The van der Waals surface area contributed by atoms with Gasteiger partial charge in [-0.2, -0.15) is 5.23 Å². The standard InChI is InChI=1S/C7H10N2O2/c1-5-4-6(9(10)11)2-3-7(5)8/h2-4,9-10H,8H2,1H3. The van der Waals surface area contributed by atoms with Crippen LogP contribution in [-0.2, 0) is 0 Å². The van der Waals surface area contributed by atoms with Gasteiger partial charge >= 0.3 is 0 Å². The van der Waals surface area contributed by atoms with Gasteiger partial charge in [-0.25, -0.2) is 5.21 Å². The molecule has 4 heteroatoms. The molecule has 1 aromatic carbocycles. The number of hydrogen-bond donors (Lipinski definition) is 3. The van der Waals surface area contributed by atoms with E-state index in [2.05, 4.69) is 0 Å². The molecule has 0 aliphatic carbocycles. The molecule has 0 saturated carbocycles. The number of aryl methyl sites for hydroxylation is 1. The predicted molar refractivity (Wildman–Crippen MR) is 41.4 cm³/mol. The predicted octanol–water partition coefficient (Wildman–Crippen LogP) is -0.0194. The summed E-state index contributed by atoms with van der Waals surface area (Å²) in [6.45, 7) is 1.78. The van der Waals surface area contributed by atoms with Gasteiger partial charge in [0.2, 0.25) is 0 Å². The van der Waals surface area contributed by atoms with Gasteiger partial charge in [-0.15, -0.1) is 0 Å². The molecule has 0 radical (unpaired) electrons. The first-order valence-corrected chi connectivity index (χ1v) is 3.20. The molecule has 1 unspecified atom stereocenters. The lowest BCUT2D eigenvalue weighted by molar-refractivity contribution is -0.991. The summed E-state index contributed by atoms with van der Waals surface area (Å²) in [5.74, 6) is 0. The molecule has 0 amide bonds. The Bertz CT molecular complexity index is 261. The van der Waals surface area contributed by atoms with Crippen molar-refractivity contribution in [3.63, 3.8) is 0 Å². The van der Waals surface area contributed by atoms with Gasteiger partial charge in [0.05, 0.1) is 0 Å². The van der Waals surface area contributed by atoms with Crippen LogP contribution in [-0.4, -0.2) is 5.21 Å². The van der Waals surface area contributed by atoms with Gasteiger partial charge in [0.1, 0.15) is 0 Å². The van der Waals surface area contributed by atoms with E-state index in [1.165, 1.54) is 6.07 Å². The van der Waals surface area contributed by atoms with Crippen molar-refractivity contribution in [2.24, 2.45) is 0 Å². The number of nitrogens with two attached hydrogens (primary N) is 1. The van der Waals surface area contributed by atoms with E-state index < -0.39 is 5.23 Å². The molecule has 0 saturated heterocycles. The maximum Gasteiger partial charge on any atom is 0.164 e. The zero-order valence-electron chi connectivity index (χ0n) is 6.16. The maximum absolute atomic E-state index is 10.4. The van der Waals surface area contributed by atoms with E-state index in [9.17, 15) is 5.21 Å². The Hall–Kier alpha value is -1.10. The van der Waals surface area contributed by atoms with E-state index in [0.717, 1.165) is 5.56 Å². The minimum absolute atomic E-state index is 0.275. The van der Waals surface area contributed by atoms with E-state index in [1.807, 2.05) is 0 Å². The van der Waals surface area contributed by atoms with Crippen LogP contribution < -0.4 is 11.0 Å². The monoisotopic (exact) mass is 154 g/mol. The summed E-state index contributed by atoms with van der Waals surface area (Å²) in [5, 5.41) is 18.1. The lowest BCUT2D eigenvalue weighted by atomic mass is 10.2. The van der Waals surface area contributed by atoms with Crippen LogP contribution in [0, 0.1) is 12.1 Å². The van der Waals surface area contributed by atoms with Crippen LogP contribution in [0.15, 0.2) is 18.2 Å². The summed E-state index contributed by atoms with van der Waals surface area (Å²) in [6, 6.07) is 4.64. The van der Waals surface area contributed by atoms with Crippen molar-refractivity contribution in [2.45, 2.75) is 6.92 Å². The zero-order valence-corrected chi connectivity index (χ0v) is 6.16. The van der Waals surface area contributed by atoms with Gasteiger partial charge in [-0.3, -0.25) is 0 Å². The largest absolute Gasteiger partial charge is 0.595 e. The number of nitrogens with one attached hydrogen (secondary N) is 1. The Morgan fingerprint density at radius 1 is 1.55 bits per heavy atom. The topological polar surface area (TPSA) is 73.8 Å². The quantitative estimate of drug-likeness (QED) is 0.393. The molecule has 4 N–H and O–H groups in total. The second kappa shape index (κ2) is 2.87. The normalized spacial score (nSPS) is 13.0. The molecule has 11 heavy (non-hydrogen) atoms. The van der Waals surface area contributed by atoms with Gasteiger partial charge in [0, 0.05) is 17.8 Å². The highest BCUT2D eigenvalue weighted by Crippen LogP contribution is 2.12. The van der Waals surface area contributed by atoms with Crippen LogP contribution in [0.5, 0.6) is 0 Å². The SMILES string of the molecule is Cc1cc([NH+]([O-])O)ccc1N. The van der Waals surface area contributed by atoms with Crippen LogP contribution >= 0.6 is 0 Å². The molecule has 0 spiro atoms. The molecule has 0 aliphatic rings. The van der Waals surface area contributed by atoms with Crippen molar-refractivity contribution in [3.05, 3.63) is 29.0 Å². The lowest BCUT2D eigenvalue weighted by Crippen LogP contribution is -2.99. The Labute approximate surface area is 64.4 Å². The number of nitrogen functional groups attached to an aromatic ring is 1. The third-order valence-electron chi connectivity index (χ3n) is 1.52. The van der Waals surface area contributed by atoms with Crippen LogP contribution in [0.2, 0.25) is 0 Å². The van der Waals surface area contributed by atoms with Crippen molar-refractivity contribution in [3.8, 4) is 0 Å². The Balaban J connectivity index is 3.05. The molecule has 60 valence electrons. The second-order valence-corrected chi connectivity index (χ2v) is 2.38. The third-order valence-corrected chi connectivity index (χ3v) is 1.52. The van der Waals surface area contributed by atoms with Gasteiger partial charge in [0.15, 0.2) is 5.69 Å². The summed E-state index contributed by atoms with van der Waals surface area (Å²) >= 11 is 0. The molecule has 1 aromatic rings. The van der Waals surface area contributed by atoms with Crippen molar-refractivity contribution in [1.82, 2.24) is 0 Å². The van der Waals surface area contributed by atoms with Crippen LogP contribution in [0.25, 0.3) is 0 Å². The fourth-order valence-electron chi connectivity index (χ4n) is 0.809. The fraction of sp³-hybridized carbons (Fsp3) is 0.143. The highest BCUT2D eigenvalue weighted by Gasteiger charge is 2.00. The first-order chi connectivity index (χ1) is 5.11. The van der Waals surface area contributed by atoms with Gasteiger partial charge in [-0.05, 0) is 18.6 Å². The number of hydrogen-bond acceptors (Lipinski definition) is 3. The summed E-state index contributed by atoms with van der Waals surface area (Å²) in [4.78, 5) is 0. The number of quaternary nitrogens is 1. The summed E-state index contributed by atoms with van der Waals surface area (Å²) in [5.41, 5.74) is 7.19. The highest BCUT2D eigenvalue weighted by molar-refractivity contribution is 5.51. The van der Waals surface area contributed by atoms with Crippen molar-refractivity contribution in [1.29, 1.82) is 0 Å².